The molecule has 2 aromatic carbocycles. The molecule has 1 aromatic heterocycles. The van der Waals surface area contributed by atoms with Crippen LogP contribution in [0.2, 0.25) is 0 Å². The molecular formula is C19H15BrO4. The van der Waals surface area contributed by atoms with Gasteiger partial charge in [0.2, 0.25) is 5.78 Å². The number of carbonyl (C=O) groups excluding carboxylic acids is 1. The summed E-state index contributed by atoms with van der Waals surface area (Å²) in [5.74, 6) is 0.475. The van der Waals surface area contributed by atoms with Crippen LogP contribution in [-0.2, 0) is 0 Å². The molecule has 0 radical (unpaired) electrons. The summed E-state index contributed by atoms with van der Waals surface area (Å²) in [5, 5.41) is 10.7. The van der Waals surface area contributed by atoms with Crippen LogP contribution >= 0.6 is 15.9 Å². The molecule has 1 heterocycles. The number of aromatic hydroxyl groups is 1. The predicted molar refractivity (Wildman–Crippen MR) is 96.7 cm³/mol. The lowest BCUT2D eigenvalue weighted by atomic mass is 10.1. The molecule has 1 N–H and O–H groups in total. The molecule has 122 valence electrons. The molecule has 0 saturated carbocycles. The van der Waals surface area contributed by atoms with Gasteiger partial charge in [-0.25, -0.2) is 0 Å². The highest BCUT2D eigenvalue weighted by Gasteiger charge is 2.15. The van der Waals surface area contributed by atoms with Gasteiger partial charge in [0.1, 0.15) is 5.58 Å². The van der Waals surface area contributed by atoms with E-state index in [0.717, 1.165) is 10.9 Å². The monoisotopic (exact) mass is 386 g/mol. The highest BCUT2D eigenvalue weighted by Crippen LogP contribution is 2.33. The topological polar surface area (TPSA) is 59.7 Å². The van der Waals surface area contributed by atoms with E-state index in [1.807, 2.05) is 31.2 Å². The number of halogens is 1. The molecule has 24 heavy (non-hydrogen) atoms. The Kier molecular flexibility index (Phi) is 4.44. The number of hydrogen-bond acceptors (Lipinski definition) is 4. The van der Waals surface area contributed by atoms with Gasteiger partial charge >= 0.3 is 0 Å². The molecule has 0 aliphatic heterocycles. The molecule has 0 aliphatic carbocycles. The summed E-state index contributed by atoms with van der Waals surface area (Å²) in [6, 6.07) is 10.7. The van der Waals surface area contributed by atoms with Crippen molar-refractivity contribution in [3.05, 3.63) is 63.8 Å². The van der Waals surface area contributed by atoms with E-state index in [1.54, 1.807) is 12.1 Å². The fourth-order valence-corrected chi connectivity index (χ4v) is 2.96. The number of allylic oxidation sites excluding steroid dienone is 1. The minimum Gasteiger partial charge on any atom is -0.504 e. The number of methoxy groups -OCH3 is 1. The molecule has 0 aliphatic rings. The Morgan fingerprint density at radius 2 is 2.04 bits per heavy atom. The van der Waals surface area contributed by atoms with Crippen molar-refractivity contribution in [2.24, 2.45) is 0 Å². The average Bonchev–Trinajstić information content (AvgIpc) is 2.91. The lowest BCUT2D eigenvalue weighted by molar-refractivity contribution is 0.102. The van der Waals surface area contributed by atoms with Gasteiger partial charge in [-0.15, -0.1) is 0 Å². The van der Waals surface area contributed by atoms with Crippen LogP contribution in [0.25, 0.3) is 17.0 Å². The fourth-order valence-electron chi connectivity index (χ4n) is 2.50. The molecule has 4 nitrogen and oxygen atoms in total. The Bertz CT molecular complexity index is 953. The standard InChI is InChI=1S/C19H15BrO4/c1-11-13-5-3-4-6-17(13)24-19(11)15(21)8-7-12-9-18(23-2)16(22)10-14(12)20/h3-10,22H,1-2H3. The molecule has 0 spiro atoms. The van der Waals surface area contributed by atoms with Crippen LogP contribution in [0.15, 0.2) is 51.4 Å². The van der Waals surface area contributed by atoms with Gasteiger partial charge in [0.15, 0.2) is 17.3 Å². The second-order valence-electron chi connectivity index (χ2n) is 5.30. The number of phenols is 1. The van der Waals surface area contributed by atoms with Gasteiger partial charge in [-0.3, -0.25) is 4.79 Å². The summed E-state index contributed by atoms with van der Waals surface area (Å²) in [5.41, 5.74) is 2.23. The number of hydrogen-bond donors (Lipinski definition) is 1. The Hall–Kier alpha value is -2.53. The van der Waals surface area contributed by atoms with Crippen LogP contribution < -0.4 is 4.74 Å². The van der Waals surface area contributed by atoms with Crippen LogP contribution in [0, 0.1) is 6.92 Å². The molecule has 0 bridgehead atoms. The van der Waals surface area contributed by atoms with Crippen LogP contribution in [0.1, 0.15) is 21.7 Å². The van der Waals surface area contributed by atoms with Crippen molar-refractivity contribution >= 4 is 38.8 Å². The summed E-state index contributed by atoms with van der Waals surface area (Å²) >= 11 is 3.36. The van der Waals surface area contributed by atoms with E-state index >= 15 is 0 Å². The summed E-state index contributed by atoms with van der Waals surface area (Å²) < 4.78 is 11.4. The number of para-hydroxylation sites is 1. The van der Waals surface area contributed by atoms with E-state index in [4.69, 9.17) is 9.15 Å². The summed E-state index contributed by atoms with van der Waals surface area (Å²) in [4.78, 5) is 12.5. The second-order valence-corrected chi connectivity index (χ2v) is 6.15. The van der Waals surface area contributed by atoms with Gasteiger partial charge in [0, 0.05) is 15.4 Å². The minimum absolute atomic E-state index is 0.0287. The van der Waals surface area contributed by atoms with E-state index < -0.39 is 0 Å². The van der Waals surface area contributed by atoms with E-state index in [2.05, 4.69) is 15.9 Å². The van der Waals surface area contributed by atoms with Gasteiger partial charge in [-0.05, 0) is 42.8 Å². The van der Waals surface area contributed by atoms with Crippen molar-refractivity contribution in [2.75, 3.05) is 7.11 Å². The van der Waals surface area contributed by atoms with Gasteiger partial charge < -0.3 is 14.3 Å². The zero-order valence-corrected chi connectivity index (χ0v) is 14.8. The summed E-state index contributed by atoms with van der Waals surface area (Å²) in [7, 11) is 1.47. The zero-order valence-electron chi connectivity index (χ0n) is 13.2. The molecule has 3 aromatic rings. The third-order valence-corrected chi connectivity index (χ3v) is 4.47. The van der Waals surface area contributed by atoms with Gasteiger partial charge in [0.05, 0.1) is 7.11 Å². The fraction of sp³-hybridized carbons (Fsp3) is 0.105. The first-order valence-electron chi connectivity index (χ1n) is 7.28. The molecule has 5 heteroatoms. The van der Waals surface area contributed by atoms with E-state index in [1.165, 1.54) is 19.3 Å². The third kappa shape index (κ3) is 2.95. The van der Waals surface area contributed by atoms with Crippen molar-refractivity contribution in [1.82, 2.24) is 0 Å². The third-order valence-electron chi connectivity index (χ3n) is 3.78. The lowest BCUT2D eigenvalue weighted by Gasteiger charge is -2.06. The number of benzene rings is 2. The zero-order chi connectivity index (χ0) is 17.3. The maximum Gasteiger partial charge on any atom is 0.221 e. The lowest BCUT2D eigenvalue weighted by Crippen LogP contribution is -1.94. The smallest absolute Gasteiger partial charge is 0.221 e. The maximum absolute atomic E-state index is 12.5. The van der Waals surface area contributed by atoms with Crippen molar-refractivity contribution in [2.45, 2.75) is 6.92 Å². The molecular weight excluding hydrogens is 372 g/mol. The predicted octanol–water partition coefficient (Wildman–Crippen LogP) is 5.11. The first-order chi connectivity index (χ1) is 11.5. The van der Waals surface area contributed by atoms with E-state index in [0.29, 0.717) is 27.1 Å². The quantitative estimate of drug-likeness (QED) is 0.499. The van der Waals surface area contributed by atoms with Crippen molar-refractivity contribution in [3.8, 4) is 11.5 Å². The van der Waals surface area contributed by atoms with Crippen molar-refractivity contribution < 1.29 is 19.1 Å². The van der Waals surface area contributed by atoms with E-state index in [9.17, 15) is 9.90 Å². The van der Waals surface area contributed by atoms with Crippen LogP contribution in [0.5, 0.6) is 11.5 Å². The van der Waals surface area contributed by atoms with Gasteiger partial charge in [0.25, 0.3) is 0 Å². The normalized spacial score (nSPS) is 11.3. The van der Waals surface area contributed by atoms with Gasteiger partial charge in [-0.1, -0.05) is 34.1 Å². The molecule has 0 unspecified atom stereocenters. The van der Waals surface area contributed by atoms with E-state index in [-0.39, 0.29) is 11.5 Å². The molecule has 0 fully saturated rings. The highest BCUT2D eigenvalue weighted by molar-refractivity contribution is 9.10. The average molecular weight is 387 g/mol. The number of ether oxygens (including phenoxy) is 1. The highest BCUT2D eigenvalue weighted by atomic mass is 79.9. The Morgan fingerprint density at radius 1 is 1.29 bits per heavy atom. The van der Waals surface area contributed by atoms with Crippen molar-refractivity contribution in [3.63, 3.8) is 0 Å². The van der Waals surface area contributed by atoms with Crippen LogP contribution in [0.4, 0.5) is 0 Å². The SMILES string of the molecule is COc1cc(C=CC(=O)c2oc3ccccc3c2C)c(Br)cc1O. The van der Waals surface area contributed by atoms with Crippen LogP contribution in [0.3, 0.4) is 0 Å². The molecule has 3 rings (SSSR count). The number of fused-ring (bicyclic) bond motifs is 1. The number of carbonyl (C=O) groups is 1. The maximum atomic E-state index is 12.5. The summed E-state index contributed by atoms with van der Waals surface area (Å²) in [6.45, 7) is 1.87. The number of rotatable bonds is 4. The Balaban J connectivity index is 1.94. The van der Waals surface area contributed by atoms with Crippen LogP contribution in [-0.4, -0.2) is 18.0 Å². The van der Waals surface area contributed by atoms with Gasteiger partial charge in [-0.2, -0.15) is 0 Å². The second kappa shape index (κ2) is 6.53. The summed E-state index contributed by atoms with van der Waals surface area (Å²) in [6.07, 6.45) is 3.10. The number of phenolic OH excluding ortho intramolecular Hbond substituents is 1. The molecule has 0 saturated heterocycles. The number of aryl methyl sites for hydroxylation is 1. The largest absolute Gasteiger partial charge is 0.504 e. The van der Waals surface area contributed by atoms with Crippen molar-refractivity contribution in [1.29, 1.82) is 0 Å². The molecule has 0 amide bonds. The minimum atomic E-state index is -0.220. The first kappa shape index (κ1) is 16.3. The Labute approximate surface area is 147 Å². The first-order valence-corrected chi connectivity index (χ1v) is 8.07. The molecule has 0 atom stereocenters. The Morgan fingerprint density at radius 3 is 2.75 bits per heavy atom. The number of ketones is 1. The number of furan rings is 1.